The summed E-state index contributed by atoms with van der Waals surface area (Å²) in [4.78, 5) is 11.5. The van der Waals surface area contributed by atoms with Gasteiger partial charge in [-0.05, 0) is 63.0 Å². The number of hydrogen-bond donors (Lipinski definition) is 2. The standard InChI is InChI=1S/C26H35N3O/c1-3-5-6-7-8-9-10-11-12-14-21-16-17-22(28-21)19-25-26(30-4-2)20-24(29-25)23-15-13-18-27-23/h3,13,15-20,27,29H,1,4-12,14H2,2H3. The summed E-state index contributed by atoms with van der Waals surface area (Å²) in [5.41, 5.74) is 5.19. The first-order valence-corrected chi connectivity index (χ1v) is 11.4. The number of ether oxygens (including phenoxy) is 1. The van der Waals surface area contributed by atoms with Gasteiger partial charge in [0, 0.05) is 18.0 Å². The number of aromatic nitrogens is 2. The zero-order valence-electron chi connectivity index (χ0n) is 18.3. The Balaban J connectivity index is 1.48. The maximum Gasteiger partial charge on any atom is 0.144 e. The van der Waals surface area contributed by atoms with Crippen molar-refractivity contribution >= 4 is 11.8 Å². The number of aliphatic imine (C=N–C) groups is 1. The minimum absolute atomic E-state index is 0.636. The molecule has 2 aromatic heterocycles. The van der Waals surface area contributed by atoms with Gasteiger partial charge in [0.25, 0.3) is 0 Å². The fraction of sp³-hybridized carbons (Fsp3) is 0.423. The van der Waals surface area contributed by atoms with Crippen molar-refractivity contribution in [2.75, 3.05) is 6.61 Å². The van der Waals surface area contributed by atoms with Gasteiger partial charge in [0.05, 0.1) is 29.4 Å². The number of allylic oxidation sites excluding steroid dienone is 3. The van der Waals surface area contributed by atoms with Gasteiger partial charge in [-0.3, -0.25) is 4.99 Å². The van der Waals surface area contributed by atoms with Crippen LogP contribution in [0.15, 0.2) is 59.9 Å². The zero-order chi connectivity index (χ0) is 21.0. The number of unbranched alkanes of at least 4 members (excludes halogenated alkanes) is 7. The summed E-state index contributed by atoms with van der Waals surface area (Å²) in [7, 11) is 0. The SMILES string of the molecule is C=CCCCCCCCCCC1=NC(=Cc2[nH]c(-c3ccc[nH]3)cc2OCC)C=C1. The second kappa shape index (κ2) is 12.1. The van der Waals surface area contributed by atoms with Crippen LogP contribution in [0.5, 0.6) is 5.75 Å². The highest BCUT2D eigenvalue weighted by Crippen LogP contribution is 2.29. The topological polar surface area (TPSA) is 53.2 Å². The molecule has 1 aliphatic heterocycles. The molecule has 2 aromatic rings. The molecule has 0 aromatic carbocycles. The molecular formula is C26H35N3O. The molecule has 0 spiro atoms. The van der Waals surface area contributed by atoms with Gasteiger partial charge in [0.1, 0.15) is 5.75 Å². The van der Waals surface area contributed by atoms with Gasteiger partial charge < -0.3 is 14.7 Å². The van der Waals surface area contributed by atoms with Crippen LogP contribution in [0.4, 0.5) is 0 Å². The molecule has 0 fully saturated rings. The van der Waals surface area contributed by atoms with E-state index in [-0.39, 0.29) is 0 Å². The first kappa shape index (κ1) is 21.9. The van der Waals surface area contributed by atoms with Crippen LogP contribution in [0.25, 0.3) is 17.5 Å². The lowest BCUT2D eigenvalue weighted by Crippen LogP contribution is -1.92. The number of nitrogens with one attached hydrogen (secondary N) is 2. The zero-order valence-corrected chi connectivity index (χ0v) is 18.3. The molecule has 0 aliphatic carbocycles. The molecule has 0 saturated heterocycles. The number of H-pyrrole nitrogens is 2. The molecule has 3 rings (SSSR count). The lowest BCUT2D eigenvalue weighted by atomic mass is 10.1. The summed E-state index contributed by atoms with van der Waals surface area (Å²) in [5, 5.41) is 0. The predicted octanol–water partition coefficient (Wildman–Crippen LogP) is 7.46. The van der Waals surface area contributed by atoms with Crippen molar-refractivity contribution in [2.45, 2.75) is 64.7 Å². The van der Waals surface area contributed by atoms with E-state index in [2.05, 4.69) is 34.8 Å². The van der Waals surface area contributed by atoms with Crippen molar-refractivity contribution < 1.29 is 4.74 Å². The average Bonchev–Trinajstić information content (AvgIpc) is 3.49. The van der Waals surface area contributed by atoms with Gasteiger partial charge in [-0.25, -0.2) is 0 Å². The molecule has 160 valence electrons. The highest BCUT2D eigenvalue weighted by molar-refractivity contribution is 5.99. The van der Waals surface area contributed by atoms with Crippen molar-refractivity contribution in [3.05, 3.63) is 60.6 Å². The summed E-state index contributed by atoms with van der Waals surface area (Å²) < 4.78 is 5.82. The molecule has 30 heavy (non-hydrogen) atoms. The fourth-order valence-electron chi connectivity index (χ4n) is 3.74. The summed E-state index contributed by atoms with van der Waals surface area (Å²) in [6.45, 7) is 6.42. The van der Waals surface area contributed by atoms with Gasteiger partial charge in [-0.2, -0.15) is 0 Å². The maximum absolute atomic E-state index is 5.82. The summed E-state index contributed by atoms with van der Waals surface area (Å²) in [5.74, 6) is 0.861. The van der Waals surface area contributed by atoms with E-state index in [9.17, 15) is 0 Å². The molecule has 3 heterocycles. The highest BCUT2D eigenvalue weighted by Gasteiger charge is 2.12. The summed E-state index contributed by atoms with van der Waals surface area (Å²) in [6, 6.07) is 6.09. The second-order valence-electron chi connectivity index (χ2n) is 7.79. The van der Waals surface area contributed by atoms with Crippen LogP contribution < -0.4 is 4.74 Å². The van der Waals surface area contributed by atoms with Crippen molar-refractivity contribution in [1.82, 2.24) is 9.97 Å². The number of nitrogens with zero attached hydrogens (tertiary/aromatic N) is 1. The lowest BCUT2D eigenvalue weighted by molar-refractivity contribution is 0.340. The maximum atomic E-state index is 5.82. The van der Waals surface area contributed by atoms with Crippen LogP contribution in [0.3, 0.4) is 0 Å². The quantitative estimate of drug-likeness (QED) is 0.249. The Morgan fingerprint density at radius 1 is 1.03 bits per heavy atom. The Morgan fingerprint density at radius 2 is 1.83 bits per heavy atom. The van der Waals surface area contributed by atoms with Crippen LogP contribution in [0, 0.1) is 0 Å². The Bertz CT molecular complexity index is 868. The van der Waals surface area contributed by atoms with Gasteiger partial charge in [0.15, 0.2) is 0 Å². The van der Waals surface area contributed by atoms with Gasteiger partial charge >= 0.3 is 0 Å². The molecule has 0 amide bonds. The van der Waals surface area contributed by atoms with E-state index >= 15 is 0 Å². The first-order chi connectivity index (χ1) is 14.8. The Morgan fingerprint density at radius 3 is 2.57 bits per heavy atom. The molecule has 2 N–H and O–H groups in total. The van der Waals surface area contributed by atoms with E-state index in [0.29, 0.717) is 6.61 Å². The van der Waals surface area contributed by atoms with Crippen LogP contribution >= 0.6 is 0 Å². The minimum atomic E-state index is 0.636. The molecule has 0 radical (unpaired) electrons. The largest absolute Gasteiger partial charge is 0.492 e. The Kier molecular flexibility index (Phi) is 8.82. The van der Waals surface area contributed by atoms with Crippen molar-refractivity contribution in [3.8, 4) is 17.1 Å². The van der Waals surface area contributed by atoms with Crippen LogP contribution in [0.2, 0.25) is 0 Å². The van der Waals surface area contributed by atoms with E-state index in [0.717, 1.165) is 41.4 Å². The lowest BCUT2D eigenvalue weighted by Gasteiger charge is -2.02. The molecule has 0 saturated carbocycles. The summed E-state index contributed by atoms with van der Waals surface area (Å²) >= 11 is 0. The molecule has 0 atom stereocenters. The van der Waals surface area contributed by atoms with E-state index in [4.69, 9.17) is 9.73 Å². The van der Waals surface area contributed by atoms with Crippen LogP contribution in [0.1, 0.15) is 70.4 Å². The van der Waals surface area contributed by atoms with Gasteiger partial charge in [-0.1, -0.05) is 38.2 Å². The first-order valence-electron chi connectivity index (χ1n) is 11.4. The van der Waals surface area contributed by atoms with E-state index in [1.165, 1.54) is 50.7 Å². The van der Waals surface area contributed by atoms with E-state index < -0.39 is 0 Å². The average molecular weight is 406 g/mol. The minimum Gasteiger partial charge on any atom is -0.492 e. The molecule has 1 aliphatic rings. The van der Waals surface area contributed by atoms with Gasteiger partial charge in [-0.15, -0.1) is 6.58 Å². The molecule has 0 bridgehead atoms. The van der Waals surface area contributed by atoms with E-state index in [1.54, 1.807) is 0 Å². The third kappa shape index (κ3) is 6.65. The van der Waals surface area contributed by atoms with Crippen LogP contribution in [-0.4, -0.2) is 22.3 Å². The second-order valence-corrected chi connectivity index (χ2v) is 7.79. The Hall–Kier alpha value is -2.75. The predicted molar refractivity (Wildman–Crippen MR) is 128 cm³/mol. The third-order valence-corrected chi connectivity index (χ3v) is 5.35. The normalized spacial score (nSPS) is 14.4. The van der Waals surface area contributed by atoms with Crippen molar-refractivity contribution in [1.29, 1.82) is 0 Å². The van der Waals surface area contributed by atoms with E-state index in [1.807, 2.05) is 37.4 Å². The Labute approximate surface area is 180 Å². The molecule has 4 heteroatoms. The number of aromatic amines is 2. The van der Waals surface area contributed by atoms with Crippen molar-refractivity contribution in [2.24, 2.45) is 4.99 Å². The van der Waals surface area contributed by atoms with Crippen LogP contribution in [-0.2, 0) is 0 Å². The van der Waals surface area contributed by atoms with Gasteiger partial charge in [0.2, 0.25) is 0 Å². The molecule has 4 nitrogen and oxygen atoms in total. The number of hydrogen-bond acceptors (Lipinski definition) is 2. The smallest absolute Gasteiger partial charge is 0.144 e. The fourth-order valence-corrected chi connectivity index (χ4v) is 3.74. The molecule has 0 unspecified atom stereocenters. The molecular weight excluding hydrogens is 370 g/mol. The third-order valence-electron chi connectivity index (χ3n) is 5.35. The summed E-state index contributed by atoms with van der Waals surface area (Å²) in [6.07, 6.45) is 21.6. The van der Waals surface area contributed by atoms with Crippen molar-refractivity contribution in [3.63, 3.8) is 0 Å². The number of rotatable bonds is 14. The highest BCUT2D eigenvalue weighted by atomic mass is 16.5. The monoisotopic (exact) mass is 405 g/mol.